The molecular formula is C24H26BNO2. The average Bonchev–Trinajstić information content (AvgIpc) is 3.12. The van der Waals surface area contributed by atoms with Gasteiger partial charge in [-0.15, -0.1) is 0 Å². The van der Waals surface area contributed by atoms with E-state index in [-0.39, 0.29) is 24.1 Å². The Morgan fingerprint density at radius 2 is 1.54 bits per heavy atom. The number of fused-ring (bicyclic) bond motifs is 3. The Morgan fingerprint density at radius 3 is 2.25 bits per heavy atom. The molecular weight excluding hydrogens is 345 g/mol. The highest BCUT2D eigenvalue weighted by atomic mass is 16.7. The Balaban J connectivity index is 1.60. The molecule has 2 aliphatic rings. The second-order valence-corrected chi connectivity index (χ2v) is 8.90. The number of allylic oxidation sites excluding steroid dienone is 1. The number of para-hydroxylation sites is 2. The Bertz CT molecular complexity index is 1050. The molecule has 0 bridgehead atoms. The van der Waals surface area contributed by atoms with Crippen molar-refractivity contribution in [3.8, 4) is 5.69 Å². The molecule has 1 aliphatic heterocycles. The molecule has 2 aromatic carbocycles. The molecule has 0 radical (unpaired) electrons. The monoisotopic (exact) mass is 371 g/mol. The molecule has 28 heavy (non-hydrogen) atoms. The van der Waals surface area contributed by atoms with Crippen LogP contribution in [0.3, 0.4) is 0 Å². The van der Waals surface area contributed by atoms with Gasteiger partial charge < -0.3 is 13.9 Å². The van der Waals surface area contributed by atoms with Crippen LogP contribution in [0.1, 0.15) is 39.0 Å². The van der Waals surface area contributed by atoms with Crippen LogP contribution < -0.4 is 0 Å². The molecule has 1 aromatic heterocycles. The van der Waals surface area contributed by atoms with E-state index in [1.807, 2.05) is 0 Å². The first kappa shape index (κ1) is 17.8. The lowest BCUT2D eigenvalue weighted by atomic mass is 9.67. The van der Waals surface area contributed by atoms with Gasteiger partial charge in [0, 0.05) is 28.1 Å². The van der Waals surface area contributed by atoms with E-state index < -0.39 is 0 Å². The molecule has 2 heterocycles. The topological polar surface area (TPSA) is 23.4 Å². The van der Waals surface area contributed by atoms with Crippen LogP contribution in [0.25, 0.3) is 22.7 Å². The van der Waals surface area contributed by atoms with Gasteiger partial charge in [0.2, 0.25) is 0 Å². The molecule has 1 saturated heterocycles. The summed E-state index contributed by atoms with van der Waals surface area (Å²) in [7, 11) is -0.225. The summed E-state index contributed by atoms with van der Waals surface area (Å²) in [5, 5.41) is 1.30. The van der Waals surface area contributed by atoms with Crippen LogP contribution in [0.2, 0.25) is 5.82 Å². The van der Waals surface area contributed by atoms with Crippen molar-refractivity contribution in [2.75, 3.05) is 0 Å². The molecule has 0 saturated carbocycles. The highest BCUT2D eigenvalue weighted by Crippen LogP contribution is 2.44. The van der Waals surface area contributed by atoms with E-state index in [0.717, 1.165) is 6.42 Å². The van der Waals surface area contributed by atoms with Crippen LogP contribution >= 0.6 is 0 Å². The number of benzene rings is 2. The Morgan fingerprint density at radius 1 is 0.893 bits per heavy atom. The maximum absolute atomic E-state index is 6.36. The summed E-state index contributed by atoms with van der Waals surface area (Å²) < 4.78 is 15.1. The van der Waals surface area contributed by atoms with Crippen molar-refractivity contribution in [2.45, 2.75) is 51.1 Å². The van der Waals surface area contributed by atoms with Crippen molar-refractivity contribution in [2.24, 2.45) is 0 Å². The standard InChI is InChI=1S/C24H26BNO2/c1-23(2)24(3,4)28-25(27-23)17-14-15-20-19-12-8-9-13-21(19)26(22(20)16-17)18-10-6-5-7-11-18/h5-15,17H,16H2,1-4H3. The van der Waals surface area contributed by atoms with Crippen LogP contribution in [0.5, 0.6) is 0 Å². The van der Waals surface area contributed by atoms with Crippen molar-refractivity contribution < 1.29 is 9.31 Å². The fourth-order valence-corrected chi connectivity index (χ4v) is 4.34. The smallest absolute Gasteiger partial charge is 0.403 e. The quantitative estimate of drug-likeness (QED) is 0.543. The Labute approximate surface area is 167 Å². The second-order valence-electron chi connectivity index (χ2n) is 8.90. The van der Waals surface area contributed by atoms with Gasteiger partial charge in [0.15, 0.2) is 0 Å². The third-order valence-corrected chi connectivity index (χ3v) is 6.59. The molecule has 5 rings (SSSR count). The van der Waals surface area contributed by atoms with Crippen molar-refractivity contribution >= 4 is 24.1 Å². The summed E-state index contributed by atoms with van der Waals surface area (Å²) >= 11 is 0. The molecule has 0 amide bonds. The third-order valence-electron chi connectivity index (χ3n) is 6.59. The van der Waals surface area contributed by atoms with Crippen LogP contribution in [-0.4, -0.2) is 22.9 Å². The third kappa shape index (κ3) is 2.59. The molecule has 1 unspecified atom stereocenters. The minimum atomic E-state index is -0.308. The largest absolute Gasteiger partial charge is 0.465 e. The number of hydrogen-bond donors (Lipinski definition) is 0. The zero-order valence-corrected chi connectivity index (χ0v) is 17.0. The van der Waals surface area contributed by atoms with E-state index in [9.17, 15) is 0 Å². The first-order valence-corrected chi connectivity index (χ1v) is 10.1. The first-order valence-electron chi connectivity index (χ1n) is 10.1. The summed E-state index contributed by atoms with van der Waals surface area (Å²) in [5.41, 5.74) is 4.47. The summed E-state index contributed by atoms with van der Waals surface area (Å²) in [4.78, 5) is 0. The summed E-state index contributed by atoms with van der Waals surface area (Å²) in [6.45, 7) is 8.47. The molecule has 3 aromatic rings. The predicted molar refractivity (Wildman–Crippen MR) is 116 cm³/mol. The molecule has 0 N–H and O–H groups in total. The number of rotatable bonds is 2. The molecule has 4 heteroatoms. The van der Waals surface area contributed by atoms with Gasteiger partial charge in [-0.05, 0) is 52.3 Å². The van der Waals surface area contributed by atoms with E-state index >= 15 is 0 Å². The van der Waals surface area contributed by atoms with Crippen molar-refractivity contribution in [3.05, 3.63) is 71.9 Å². The lowest BCUT2D eigenvalue weighted by Gasteiger charge is -2.32. The van der Waals surface area contributed by atoms with Crippen LogP contribution in [0.15, 0.2) is 60.7 Å². The summed E-state index contributed by atoms with van der Waals surface area (Å²) in [6, 6.07) is 19.3. The van der Waals surface area contributed by atoms with E-state index in [2.05, 4.69) is 99.0 Å². The van der Waals surface area contributed by atoms with Gasteiger partial charge in [0.05, 0.1) is 16.7 Å². The fraction of sp³-hybridized carbons (Fsp3) is 0.333. The molecule has 1 aliphatic carbocycles. The van der Waals surface area contributed by atoms with Gasteiger partial charge in [0.25, 0.3) is 0 Å². The first-order chi connectivity index (χ1) is 13.4. The second kappa shape index (κ2) is 6.10. The van der Waals surface area contributed by atoms with Gasteiger partial charge in [-0.25, -0.2) is 0 Å². The maximum Gasteiger partial charge on any atom is 0.465 e. The predicted octanol–water partition coefficient (Wildman–Crippen LogP) is 5.66. The Hall–Kier alpha value is -2.30. The van der Waals surface area contributed by atoms with Crippen LogP contribution in [0, 0.1) is 0 Å². The summed E-state index contributed by atoms with van der Waals surface area (Å²) in [5.74, 6) is 0.195. The van der Waals surface area contributed by atoms with Crippen LogP contribution in [0.4, 0.5) is 0 Å². The van der Waals surface area contributed by atoms with E-state index in [4.69, 9.17) is 9.31 Å². The molecule has 142 valence electrons. The average molecular weight is 371 g/mol. The molecule has 1 fully saturated rings. The molecule has 3 nitrogen and oxygen atoms in total. The lowest BCUT2D eigenvalue weighted by molar-refractivity contribution is 0.00578. The lowest BCUT2D eigenvalue weighted by Crippen LogP contribution is -2.41. The number of aromatic nitrogens is 1. The van der Waals surface area contributed by atoms with E-state index in [1.165, 1.54) is 27.8 Å². The zero-order chi connectivity index (χ0) is 19.5. The van der Waals surface area contributed by atoms with E-state index in [1.54, 1.807) is 0 Å². The Kier molecular flexibility index (Phi) is 3.87. The number of nitrogens with zero attached hydrogens (tertiary/aromatic N) is 1. The van der Waals surface area contributed by atoms with E-state index in [0.29, 0.717) is 0 Å². The minimum Gasteiger partial charge on any atom is -0.403 e. The van der Waals surface area contributed by atoms with Gasteiger partial charge in [-0.2, -0.15) is 0 Å². The van der Waals surface area contributed by atoms with Crippen molar-refractivity contribution in [1.29, 1.82) is 0 Å². The van der Waals surface area contributed by atoms with Gasteiger partial charge in [-0.1, -0.05) is 48.6 Å². The highest BCUT2D eigenvalue weighted by Gasteiger charge is 2.53. The minimum absolute atomic E-state index is 0.195. The SMILES string of the molecule is CC1(C)OB(C2C=Cc3c(n(-c4ccccc4)c4ccccc34)C2)OC1(C)C. The molecule has 1 atom stereocenters. The normalized spacial score (nSPS) is 22.6. The van der Waals surface area contributed by atoms with Gasteiger partial charge in [0.1, 0.15) is 0 Å². The zero-order valence-electron chi connectivity index (χ0n) is 17.0. The van der Waals surface area contributed by atoms with Gasteiger partial charge >= 0.3 is 7.12 Å². The fourth-order valence-electron chi connectivity index (χ4n) is 4.34. The molecule has 0 spiro atoms. The van der Waals surface area contributed by atoms with Gasteiger partial charge in [-0.3, -0.25) is 0 Å². The maximum atomic E-state index is 6.36. The van der Waals surface area contributed by atoms with Crippen molar-refractivity contribution in [3.63, 3.8) is 0 Å². The number of hydrogen-bond acceptors (Lipinski definition) is 2. The summed E-state index contributed by atoms with van der Waals surface area (Å²) in [6.07, 6.45) is 5.43. The van der Waals surface area contributed by atoms with Crippen LogP contribution in [-0.2, 0) is 15.7 Å². The highest BCUT2D eigenvalue weighted by molar-refractivity contribution is 6.48. The van der Waals surface area contributed by atoms with Crippen molar-refractivity contribution in [1.82, 2.24) is 4.57 Å².